The second kappa shape index (κ2) is 8.28. The number of esters is 1. The summed E-state index contributed by atoms with van der Waals surface area (Å²) in [5, 5.41) is 0. The van der Waals surface area contributed by atoms with Crippen molar-refractivity contribution in [1.29, 1.82) is 0 Å². The van der Waals surface area contributed by atoms with Gasteiger partial charge in [0.05, 0.1) is 6.61 Å². The van der Waals surface area contributed by atoms with E-state index in [4.69, 9.17) is 9.47 Å². The van der Waals surface area contributed by atoms with Crippen molar-refractivity contribution in [3.63, 3.8) is 0 Å². The average molecular weight is 250 g/mol. The monoisotopic (exact) mass is 250 g/mol. The third-order valence-corrected chi connectivity index (χ3v) is 2.51. The highest BCUT2D eigenvalue weighted by atomic mass is 16.5. The van der Waals surface area contributed by atoms with Crippen LogP contribution in [0.25, 0.3) is 0 Å². The Kier molecular flexibility index (Phi) is 6.54. The van der Waals surface area contributed by atoms with E-state index in [2.05, 4.69) is 6.92 Å². The van der Waals surface area contributed by atoms with Crippen molar-refractivity contribution >= 4 is 12.4 Å². The van der Waals surface area contributed by atoms with E-state index in [9.17, 15) is 9.59 Å². The third-order valence-electron chi connectivity index (χ3n) is 2.51. The van der Waals surface area contributed by atoms with Gasteiger partial charge in [-0.25, -0.2) is 4.79 Å². The van der Waals surface area contributed by atoms with Crippen LogP contribution in [0.1, 0.15) is 43.0 Å². The van der Waals surface area contributed by atoms with E-state index < -0.39 is 5.97 Å². The molecule has 4 heteroatoms. The Labute approximate surface area is 107 Å². The number of unbranched alkanes of at least 4 members (excludes halogenated alkanes) is 3. The van der Waals surface area contributed by atoms with Crippen LogP contribution in [0.3, 0.4) is 0 Å². The Balaban J connectivity index is 2.48. The Morgan fingerprint density at radius 1 is 1.22 bits per heavy atom. The van der Waals surface area contributed by atoms with Crippen LogP contribution in [0.5, 0.6) is 5.75 Å². The smallest absolute Gasteiger partial charge is 0.341 e. The molecule has 18 heavy (non-hydrogen) atoms. The predicted molar refractivity (Wildman–Crippen MR) is 67.6 cm³/mol. The molecule has 1 aromatic rings. The van der Waals surface area contributed by atoms with E-state index in [1.54, 1.807) is 24.3 Å². The molecule has 0 radical (unpaired) electrons. The molecule has 0 amide bonds. The normalized spacial score (nSPS) is 9.83. The fourth-order valence-electron chi connectivity index (χ4n) is 1.56. The van der Waals surface area contributed by atoms with Crippen LogP contribution in [0.4, 0.5) is 0 Å². The minimum Gasteiger partial charge on any atom is -0.462 e. The summed E-state index contributed by atoms with van der Waals surface area (Å²) in [4.78, 5) is 22.1. The number of benzene rings is 1. The first-order chi connectivity index (χ1) is 8.79. The van der Waals surface area contributed by atoms with Gasteiger partial charge in [-0.15, -0.1) is 0 Å². The molecule has 98 valence electrons. The van der Waals surface area contributed by atoms with Gasteiger partial charge < -0.3 is 9.47 Å². The van der Waals surface area contributed by atoms with Gasteiger partial charge in [0.15, 0.2) is 0 Å². The molecule has 0 fully saturated rings. The predicted octanol–water partition coefficient (Wildman–Crippen LogP) is 2.96. The lowest BCUT2D eigenvalue weighted by molar-refractivity contribution is -0.120. The summed E-state index contributed by atoms with van der Waals surface area (Å²) in [5.74, 6) is -0.227. The first kappa shape index (κ1) is 14.2. The quantitative estimate of drug-likeness (QED) is 0.404. The van der Waals surface area contributed by atoms with Crippen molar-refractivity contribution in [1.82, 2.24) is 0 Å². The maximum atomic E-state index is 11.8. The number of ether oxygens (including phenoxy) is 2. The van der Waals surface area contributed by atoms with Crippen LogP contribution >= 0.6 is 0 Å². The Bertz CT molecular complexity index is 387. The lowest BCUT2D eigenvalue weighted by Crippen LogP contribution is -2.08. The second-order valence-corrected chi connectivity index (χ2v) is 3.91. The minimum atomic E-state index is -0.455. The zero-order valence-corrected chi connectivity index (χ0v) is 10.6. The lowest BCUT2D eigenvalue weighted by atomic mass is 10.2. The highest BCUT2D eigenvalue weighted by Crippen LogP contribution is 2.18. The average Bonchev–Trinajstić information content (AvgIpc) is 2.39. The lowest BCUT2D eigenvalue weighted by Gasteiger charge is -2.07. The summed E-state index contributed by atoms with van der Waals surface area (Å²) in [6.07, 6.45) is 4.19. The van der Waals surface area contributed by atoms with Crippen LogP contribution < -0.4 is 4.74 Å². The third kappa shape index (κ3) is 4.57. The van der Waals surface area contributed by atoms with Gasteiger partial charge in [-0.2, -0.15) is 0 Å². The molecule has 0 aromatic heterocycles. The SMILES string of the molecule is CCCCCCOC(=O)c1ccccc1OC=O. The number of carbonyl (C=O) groups is 2. The summed E-state index contributed by atoms with van der Waals surface area (Å²) < 4.78 is 9.85. The summed E-state index contributed by atoms with van der Waals surface area (Å²) in [7, 11) is 0. The topological polar surface area (TPSA) is 52.6 Å². The van der Waals surface area contributed by atoms with Crippen molar-refractivity contribution in [3.05, 3.63) is 29.8 Å². The number of carbonyl (C=O) groups excluding carboxylic acids is 2. The Morgan fingerprint density at radius 3 is 2.72 bits per heavy atom. The van der Waals surface area contributed by atoms with Gasteiger partial charge in [0, 0.05) is 0 Å². The maximum Gasteiger partial charge on any atom is 0.341 e. The van der Waals surface area contributed by atoms with Crippen molar-refractivity contribution in [2.24, 2.45) is 0 Å². The van der Waals surface area contributed by atoms with Crippen LogP contribution in [-0.2, 0) is 9.53 Å². The van der Waals surface area contributed by atoms with E-state index in [1.165, 1.54) is 0 Å². The van der Waals surface area contributed by atoms with Gasteiger partial charge in [0.1, 0.15) is 11.3 Å². The van der Waals surface area contributed by atoms with Gasteiger partial charge >= 0.3 is 5.97 Å². The number of rotatable bonds is 8. The van der Waals surface area contributed by atoms with Gasteiger partial charge in [0.2, 0.25) is 0 Å². The van der Waals surface area contributed by atoms with Crippen LogP contribution in [0, 0.1) is 0 Å². The van der Waals surface area contributed by atoms with E-state index >= 15 is 0 Å². The van der Waals surface area contributed by atoms with Gasteiger partial charge in [0.25, 0.3) is 6.47 Å². The van der Waals surface area contributed by atoms with Gasteiger partial charge in [-0.05, 0) is 18.6 Å². The van der Waals surface area contributed by atoms with Crippen LogP contribution in [0.15, 0.2) is 24.3 Å². The molecular formula is C14H18O4. The zero-order valence-electron chi connectivity index (χ0n) is 10.6. The number of para-hydroxylation sites is 1. The molecule has 0 spiro atoms. The molecule has 0 atom stereocenters. The first-order valence-corrected chi connectivity index (χ1v) is 6.16. The molecule has 1 aromatic carbocycles. The molecule has 0 unspecified atom stereocenters. The molecule has 0 N–H and O–H groups in total. The molecular weight excluding hydrogens is 232 g/mol. The molecule has 0 heterocycles. The minimum absolute atomic E-state index is 0.228. The van der Waals surface area contributed by atoms with Crippen LogP contribution in [-0.4, -0.2) is 19.0 Å². The molecule has 1 rings (SSSR count). The fraction of sp³-hybridized carbons (Fsp3) is 0.429. The fourth-order valence-corrected chi connectivity index (χ4v) is 1.56. The van der Waals surface area contributed by atoms with Crippen molar-refractivity contribution in [2.45, 2.75) is 32.6 Å². The van der Waals surface area contributed by atoms with Crippen molar-refractivity contribution < 1.29 is 19.1 Å². The van der Waals surface area contributed by atoms with E-state index in [0.717, 1.165) is 25.7 Å². The van der Waals surface area contributed by atoms with Crippen molar-refractivity contribution in [3.8, 4) is 5.75 Å². The highest BCUT2D eigenvalue weighted by molar-refractivity contribution is 5.92. The Hall–Kier alpha value is -1.84. The molecule has 4 nitrogen and oxygen atoms in total. The summed E-state index contributed by atoms with van der Waals surface area (Å²) >= 11 is 0. The molecule has 0 saturated heterocycles. The van der Waals surface area contributed by atoms with Crippen molar-refractivity contribution in [2.75, 3.05) is 6.61 Å². The molecule has 0 bridgehead atoms. The number of hydrogen-bond acceptors (Lipinski definition) is 4. The zero-order chi connectivity index (χ0) is 13.2. The summed E-state index contributed by atoms with van der Waals surface area (Å²) in [5.41, 5.74) is 0.278. The van der Waals surface area contributed by atoms with Gasteiger partial charge in [-0.3, -0.25) is 4.79 Å². The van der Waals surface area contributed by atoms with Crippen LogP contribution in [0.2, 0.25) is 0 Å². The Morgan fingerprint density at radius 2 is 2.00 bits per heavy atom. The van der Waals surface area contributed by atoms with E-state index in [1.807, 2.05) is 0 Å². The summed E-state index contributed by atoms with van der Waals surface area (Å²) in [6, 6.07) is 6.53. The number of hydrogen-bond donors (Lipinski definition) is 0. The largest absolute Gasteiger partial charge is 0.462 e. The summed E-state index contributed by atoms with van der Waals surface area (Å²) in [6.45, 7) is 2.82. The highest BCUT2D eigenvalue weighted by Gasteiger charge is 2.13. The first-order valence-electron chi connectivity index (χ1n) is 6.16. The molecule has 0 aliphatic heterocycles. The van der Waals surface area contributed by atoms with E-state index in [0.29, 0.717) is 13.1 Å². The standard InChI is InChI=1S/C14H18O4/c1-2-3-4-7-10-17-14(16)12-8-5-6-9-13(12)18-11-15/h5-6,8-9,11H,2-4,7,10H2,1H3. The van der Waals surface area contributed by atoms with Gasteiger partial charge in [-0.1, -0.05) is 38.3 Å². The second-order valence-electron chi connectivity index (χ2n) is 3.91. The molecule has 0 aliphatic carbocycles. The van der Waals surface area contributed by atoms with E-state index in [-0.39, 0.29) is 11.3 Å². The molecule has 0 aliphatic rings. The molecule has 0 saturated carbocycles. The maximum absolute atomic E-state index is 11.8.